The van der Waals surface area contributed by atoms with Crippen LogP contribution < -0.4 is 5.73 Å². The topological polar surface area (TPSA) is 192 Å². The molecule has 0 amide bonds. The number of ketones is 1. The van der Waals surface area contributed by atoms with E-state index in [-0.39, 0.29) is 56.6 Å². The van der Waals surface area contributed by atoms with Crippen LogP contribution in [0.1, 0.15) is 174 Å². The van der Waals surface area contributed by atoms with Gasteiger partial charge in [0.2, 0.25) is 0 Å². The first kappa shape index (κ1) is 50.4. The number of Topliss-reactive ketones (excluding diaryl/α,β-unsaturated/α-hetero) is 1. The summed E-state index contributed by atoms with van der Waals surface area (Å²) >= 11 is 0. The van der Waals surface area contributed by atoms with Crippen LogP contribution in [0.25, 0.3) is 0 Å². The summed E-state index contributed by atoms with van der Waals surface area (Å²) in [6.07, 6.45) is 24.3. The van der Waals surface area contributed by atoms with Crippen LogP contribution in [0.5, 0.6) is 0 Å². The smallest absolute Gasteiger partial charge is 0.462 e. The van der Waals surface area contributed by atoms with Crippen LogP contribution in [0.4, 0.5) is 0 Å². The standard InChI is InChI=1S/C41H76NO11P/c1-3-5-7-8-9-10-11-12-13-14-15-16-21-25-40(46)50-32-35(33-52-54(48,49)51-30-29-42)53-41(47)26-22-18-17-20-24-36-37(39(45)31-38(36)44)28-27-34(43)23-19-6-4-2/h27-28,34-37,39,43,45H,3-26,29-33,42H2,1-2H3,(H,48,49)/b28-27+/t34-,35+,36+,37+,39+/m0/s1. The Morgan fingerprint density at radius 2 is 1.33 bits per heavy atom. The van der Waals surface area contributed by atoms with E-state index >= 15 is 0 Å². The van der Waals surface area contributed by atoms with Gasteiger partial charge in [-0.2, -0.15) is 0 Å². The number of esters is 2. The number of nitrogens with two attached hydrogens (primary N) is 1. The maximum Gasteiger partial charge on any atom is 0.472 e. The largest absolute Gasteiger partial charge is 0.472 e. The maximum absolute atomic E-state index is 12.7. The Kier molecular flexibility index (Phi) is 30.2. The lowest BCUT2D eigenvalue weighted by Gasteiger charge is -2.20. The van der Waals surface area contributed by atoms with Crippen LogP contribution in [0, 0.1) is 11.8 Å². The Labute approximate surface area is 326 Å². The van der Waals surface area contributed by atoms with Crippen LogP contribution in [0.3, 0.4) is 0 Å². The van der Waals surface area contributed by atoms with Gasteiger partial charge in [-0.15, -0.1) is 0 Å². The fourth-order valence-electron chi connectivity index (χ4n) is 6.82. The van der Waals surface area contributed by atoms with Gasteiger partial charge in [0.05, 0.1) is 25.4 Å². The van der Waals surface area contributed by atoms with Crippen molar-refractivity contribution in [2.24, 2.45) is 17.6 Å². The summed E-state index contributed by atoms with van der Waals surface area (Å²) in [6, 6.07) is 0. The van der Waals surface area contributed by atoms with Crippen molar-refractivity contribution in [1.29, 1.82) is 0 Å². The van der Waals surface area contributed by atoms with E-state index in [0.29, 0.717) is 32.1 Å². The number of carbonyl (C=O) groups is 3. The third-order valence-corrected chi connectivity index (χ3v) is 11.0. The molecule has 6 atom stereocenters. The van der Waals surface area contributed by atoms with E-state index in [9.17, 15) is 34.1 Å². The zero-order valence-electron chi connectivity index (χ0n) is 33.7. The van der Waals surface area contributed by atoms with Crippen molar-refractivity contribution in [2.45, 2.75) is 193 Å². The number of unbranched alkanes of at least 4 members (excludes halogenated alkanes) is 17. The minimum atomic E-state index is -4.44. The first-order chi connectivity index (χ1) is 26.0. The summed E-state index contributed by atoms with van der Waals surface area (Å²) in [5.41, 5.74) is 5.34. The zero-order chi connectivity index (χ0) is 39.9. The van der Waals surface area contributed by atoms with Crippen molar-refractivity contribution < 1.29 is 52.6 Å². The Morgan fingerprint density at radius 3 is 1.93 bits per heavy atom. The van der Waals surface area contributed by atoms with E-state index in [1.165, 1.54) is 57.8 Å². The van der Waals surface area contributed by atoms with Crippen molar-refractivity contribution in [1.82, 2.24) is 0 Å². The molecule has 1 saturated carbocycles. The van der Waals surface area contributed by atoms with Gasteiger partial charge in [-0.05, 0) is 25.7 Å². The lowest BCUT2D eigenvalue weighted by atomic mass is 9.88. The number of rotatable bonds is 36. The second kappa shape index (κ2) is 32.4. The minimum Gasteiger partial charge on any atom is -0.462 e. The number of aliphatic hydroxyl groups is 2. The van der Waals surface area contributed by atoms with Crippen molar-refractivity contribution >= 4 is 25.5 Å². The predicted octanol–water partition coefficient (Wildman–Crippen LogP) is 8.42. The van der Waals surface area contributed by atoms with Gasteiger partial charge < -0.3 is 30.3 Å². The fourth-order valence-corrected chi connectivity index (χ4v) is 7.59. The quantitative estimate of drug-likeness (QED) is 0.0205. The second-order valence-corrected chi connectivity index (χ2v) is 16.4. The summed E-state index contributed by atoms with van der Waals surface area (Å²) in [6.45, 7) is 3.36. The summed E-state index contributed by atoms with van der Waals surface area (Å²) in [5, 5.41) is 20.7. The lowest BCUT2D eigenvalue weighted by molar-refractivity contribution is -0.161. The summed E-state index contributed by atoms with van der Waals surface area (Å²) in [5.74, 6) is -1.52. The molecule has 0 saturated heterocycles. The predicted molar refractivity (Wildman–Crippen MR) is 212 cm³/mol. The molecule has 1 aliphatic rings. The van der Waals surface area contributed by atoms with E-state index in [2.05, 4.69) is 13.8 Å². The Bertz CT molecular complexity index is 1060. The molecule has 13 heteroatoms. The molecule has 316 valence electrons. The molecule has 0 aromatic heterocycles. The molecular weight excluding hydrogens is 713 g/mol. The van der Waals surface area contributed by atoms with Crippen molar-refractivity contribution in [3.63, 3.8) is 0 Å². The van der Waals surface area contributed by atoms with Gasteiger partial charge in [-0.1, -0.05) is 142 Å². The van der Waals surface area contributed by atoms with Crippen molar-refractivity contribution in [2.75, 3.05) is 26.4 Å². The van der Waals surface area contributed by atoms with E-state index in [4.69, 9.17) is 24.3 Å². The van der Waals surface area contributed by atoms with Crippen LogP contribution in [-0.2, 0) is 37.5 Å². The minimum absolute atomic E-state index is 0.0169. The average Bonchev–Trinajstić information content (AvgIpc) is 3.41. The van der Waals surface area contributed by atoms with Crippen LogP contribution in [0.15, 0.2) is 12.2 Å². The first-order valence-electron chi connectivity index (χ1n) is 21.3. The third-order valence-electron chi connectivity index (χ3n) is 10.0. The number of hydrogen-bond acceptors (Lipinski definition) is 11. The number of hydrogen-bond donors (Lipinski definition) is 4. The molecule has 0 heterocycles. The van der Waals surface area contributed by atoms with Gasteiger partial charge in [-0.3, -0.25) is 23.4 Å². The summed E-state index contributed by atoms with van der Waals surface area (Å²) < 4.78 is 32.7. The monoisotopic (exact) mass is 790 g/mol. The SMILES string of the molecule is CCCCCCCCCCCCCCCC(=O)OC[C@H](COP(=O)(O)OCCN)OC(=O)CCCCCC[C@H]1C(=O)C[C@@H](O)[C@@H]1/C=C/[C@@H](O)CCCCC. The van der Waals surface area contributed by atoms with Crippen LogP contribution >= 0.6 is 7.82 Å². The second-order valence-electron chi connectivity index (χ2n) is 15.0. The third kappa shape index (κ3) is 26.2. The van der Waals surface area contributed by atoms with E-state index < -0.39 is 44.7 Å². The Morgan fingerprint density at radius 1 is 0.796 bits per heavy atom. The summed E-state index contributed by atoms with van der Waals surface area (Å²) in [7, 11) is -4.44. The molecule has 0 aromatic rings. The highest BCUT2D eigenvalue weighted by Crippen LogP contribution is 2.43. The number of phosphoric ester groups is 1. The van der Waals surface area contributed by atoms with Gasteiger partial charge in [-0.25, -0.2) is 4.57 Å². The highest BCUT2D eigenvalue weighted by atomic mass is 31.2. The highest BCUT2D eigenvalue weighted by molar-refractivity contribution is 7.47. The van der Waals surface area contributed by atoms with Gasteiger partial charge in [0.15, 0.2) is 6.10 Å². The molecule has 1 aliphatic carbocycles. The molecule has 0 aromatic carbocycles. The Hall–Kier alpha value is -1.66. The van der Waals surface area contributed by atoms with Crippen molar-refractivity contribution in [3.05, 3.63) is 12.2 Å². The summed E-state index contributed by atoms with van der Waals surface area (Å²) in [4.78, 5) is 47.6. The molecule has 0 bridgehead atoms. The molecular formula is C41H76NO11P. The number of ether oxygens (including phenoxy) is 2. The molecule has 0 radical (unpaired) electrons. The molecule has 1 fully saturated rings. The molecule has 1 unspecified atom stereocenters. The molecule has 1 rings (SSSR count). The van der Waals surface area contributed by atoms with Gasteiger partial charge >= 0.3 is 19.8 Å². The number of phosphoric acid groups is 1. The molecule has 0 aliphatic heterocycles. The van der Waals surface area contributed by atoms with Gasteiger partial charge in [0, 0.05) is 37.6 Å². The molecule has 54 heavy (non-hydrogen) atoms. The van der Waals surface area contributed by atoms with E-state index in [0.717, 1.165) is 51.4 Å². The Balaban J connectivity index is 2.40. The molecule has 5 N–H and O–H groups in total. The van der Waals surface area contributed by atoms with Crippen LogP contribution in [-0.4, -0.2) is 77.5 Å². The zero-order valence-corrected chi connectivity index (χ0v) is 34.6. The van der Waals surface area contributed by atoms with Crippen LogP contribution in [0.2, 0.25) is 0 Å². The highest BCUT2D eigenvalue weighted by Gasteiger charge is 2.39. The molecule has 0 spiro atoms. The van der Waals surface area contributed by atoms with Gasteiger partial charge in [0.25, 0.3) is 0 Å². The fraction of sp³-hybridized carbons (Fsp3) is 0.878. The van der Waals surface area contributed by atoms with E-state index in [1.807, 2.05) is 6.08 Å². The number of carbonyl (C=O) groups excluding carboxylic acids is 3. The number of aliphatic hydroxyl groups excluding tert-OH is 2. The van der Waals surface area contributed by atoms with E-state index in [1.54, 1.807) is 6.08 Å². The normalized spacial score (nSPS) is 19.6. The molecule has 12 nitrogen and oxygen atoms in total. The average molecular weight is 790 g/mol. The van der Waals surface area contributed by atoms with Crippen molar-refractivity contribution in [3.8, 4) is 0 Å². The maximum atomic E-state index is 12.7. The van der Waals surface area contributed by atoms with Gasteiger partial charge in [0.1, 0.15) is 12.4 Å². The lowest BCUT2D eigenvalue weighted by Crippen LogP contribution is -2.29. The first-order valence-corrected chi connectivity index (χ1v) is 22.8.